The Labute approximate surface area is 204 Å². The van der Waals surface area contributed by atoms with E-state index >= 15 is 0 Å². The molecule has 0 spiro atoms. The van der Waals surface area contributed by atoms with E-state index in [-0.39, 0.29) is 23.7 Å². The largest absolute Gasteiger partial charge is 0.354 e. The summed E-state index contributed by atoms with van der Waals surface area (Å²) >= 11 is 0. The number of rotatable bonds is 6. The van der Waals surface area contributed by atoms with Crippen LogP contribution in [0.4, 0.5) is 10.2 Å². The van der Waals surface area contributed by atoms with Gasteiger partial charge in [0.1, 0.15) is 5.82 Å². The second-order valence-corrected chi connectivity index (χ2v) is 8.83. The zero-order valence-electron chi connectivity index (χ0n) is 19.3. The van der Waals surface area contributed by atoms with Gasteiger partial charge < -0.3 is 10.2 Å². The Morgan fingerprint density at radius 3 is 2.11 bits per heavy atom. The van der Waals surface area contributed by atoms with Crippen molar-refractivity contribution in [3.63, 3.8) is 0 Å². The summed E-state index contributed by atoms with van der Waals surface area (Å²) in [5.41, 5.74) is 3.62. The highest BCUT2D eigenvalue weighted by Gasteiger charge is 2.29. The average molecular weight is 467 g/mol. The van der Waals surface area contributed by atoms with Gasteiger partial charge in [-0.05, 0) is 60.4 Å². The fourth-order valence-corrected chi connectivity index (χ4v) is 4.58. The molecule has 0 bridgehead atoms. The van der Waals surface area contributed by atoms with Gasteiger partial charge in [0.05, 0.1) is 17.7 Å². The van der Waals surface area contributed by atoms with E-state index in [1.54, 1.807) is 12.1 Å². The maximum Gasteiger partial charge on any atom is 0.225 e. The number of carbonyl (C=O) groups excluding carboxylic acids is 1. The van der Waals surface area contributed by atoms with E-state index in [0.29, 0.717) is 12.2 Å². The second-order valence-electron chi connectivity index (χ2n) is 8.83. The third kappa shape index (κ3) is 5.38. The first-order valence-corrected chi connectivity index (χ1v) is 11.9. The summed E-state index contributed by atoms with van der Waals surface area (Å²) in [6, 6.07) is 29.9. The standard InChI is InChI=1S/C29H27FN4O/c30-25-15-13-21(14-16-25)26-17-18-27(33-32-26)34-19-7-12-24(20-34)29(35)31-28(22-8-3-1-4-9-22)23-10-5-2-6-11-23/h1-6,8-11,13-18,24,28H,7,12,19-20H2,(H,31,35). The third-order valence-electron chi connectivity index (χ3n) is 6.46. The van der Waals surface area contributed by atoms with Gasteiger partial charge >= 0.3 is 0 Å². The van der Waals surface area contributed by atoms with Crippen LogP contribution >= 0.6 is 0 Å². The van der Waals surface area contributed by atoms with Crippen molar-refractivity contribution < 1.29 is 9.18 Å². The molecule has 1 saturated heterocycles. The summed E-state index contributed by atoms with van der Waals surface area (Å²) in [6.07, 6.45) is 1.74. The predicted octanol–water partition coefficient (Wildman–Crippen LogP) is 5.40. The van der Waals surface area contributed by atoms with E-state index in [1.165, 1.54) is 12.1 Å². The zero-order valence-corrected chi connectivity index (χ0v) is 19.3. The maximum atomic E-state index is 13.4. The summed E-state index contributed by atoms with van der Waals surface area (Å²) in [5, 5.41) is 12.0. The van der Waals surface area contributed by atoms with Crippen LogP contribution in [-0.2, 0) is 4.79 Å². The van der Waals surface area contributed by atoms with Crippen LogP contribution in [0.3, 0.4) is 0 Å². The number of carbonyl (C=O) groups is 1. The Morgan fingerprint density at radius 2 is 1.51 bits per heavy atom. The van der Waals surface area contributed by atoms with Crippen LogP contribution in [0.2, 0.25) is 0 Å². The Morgan fingerprint density at radius 1 is 0.857 bits per heavy atom. The first-order valence-electron chi connectivity index (χ1n) is 11.9. The number of benzene rings is 3. The van der Waals surface area contributed by atoms with Crippen molar-refractivity contribution in [2.75, 3.05) is 18.0 Å². The Balaban J connectivity index is 1.29. The molecule has 0 saturated carbocycles. The number of hydrogen-bond donors (Lipinski definition) is 1. The Bertz CT molecular complexity index is 1210. The smallest absolute Gasteiger partial charge is 0.225 e. The number of halogens is 1. The molecular weight excluding hydrogens is 439 g/mol. The lowest BCUT2D eigenvalue weighted by atomic mass is 9.94. The highest BCUT2D eigenvalue weighted by atomic mass is 19.1. The van der Waals surface area contributed by atoms with Crippen LogP contribution in [0.5, 0.6) is 0 Å². The van der Waals surface area contributed by atoms with Crippen molar-refractivity contribution in [2.45, 2.75) is 18.9 Å². The van der Waals surface area contributed by atoms with Gasteiger partial charge in [0.25, 0.3) is 0 Å². The first kappa shape index (κ1) is 22.7. The van der Waals surface area contributed by atoms with Crippen LogP contribution in [-0.4, -0.2) is 29.2 Å². The number of anilines is 1. The first-order chi connectivity index (χ1) is 17.2. The van der Waals surface area contributed by atoms with Crippen LogP contribution < -0.4 is 10.2 Å². The van der Waals surface area contributed by atoms with Gasteiger partial charge in [0.2, 0.25) is 5.91 Å². The molecule has 1 aromatic heterocycles. The number of hydrogen-bond acceptors (Lipinski definition) is 4. The van der Waals surface area contributed by atoms with E-state index in [9.17, 15) is 9.18 Å². The molecule has 1 atom stereocenters. The molecule has 4 aromatic rings. The van der Waals surface area contributed by atoms with Gasteiger partial charge in [-0.25, -0.2) is 4.39 Å². The number of nitrogens with zero attached hydrogens (tertiary/aromatic N) is 3. The quantitative estimate of drug-likeness (QED) is 0.413. The van der Waals surface area contributed by atoms with Crippen LogP contribution in [0.25, 0.3) is 11.3 Å². The maximum absolute atomic E-state index is 13.4. The van der Waals surface area contributed by atoms with E-state index < -0.39 is 0 Å². The van der Waals surface area contributed by atoms with Crippen molar-refractivity contribution in [3.8, 4) is 11.3 Å². The van der Waals surface area contributed by atoms with E-state index in [2.05, 4.69) is 20.4 Å². The fraction of sp³-hybridized carbons (Fsp3) is 0.207. The minimum atomic E-state index is -0.280. The Kier molecular flexibility index (Phi) is 6.80. The van der Waals surface area contributed by atoms with Crippen molar-refractivity contribution in [1.82, 2.24) is 15.5 Å². The molecule has 1 aliphatic heterocycles. The monoisotopic (exact) mass is 466 g/mol. The van der Waals surface area contributed by atoms with E-state index in [1.807, 2.05) is 72.8 Å². The lowest BCUT2D eigenvalue weighted by molar-refractivity contribution is -0.125. The number of amides is 1. The molecule has 1 N–H and O–H groups in total. The molecule has 35 heavy (non-hydrogen) atoms. The molecule has 176 valence electrons. The summed E-state index contributed by atoms with van der Waals surface area (Å²) in [5.74, 6) is 0.370. The highest BCUT2D eigenvalue weighted by Crippen LogP contribution is 2.26. The molecule has 1 aliphatic rings. The molecule has 5 nitrogen and oxygen atoms in total. The molecular formula is C29H27FN4O. The zero-order chi connectivity index (χ0) is 24.0. The van der Waals surface area contributed by atoms with Crippen molar-refractivity contribution in [3.05, 3.63) is 114 Å². The SMILES string of the molecule is O=C(NC(c1ccccc1)c1ccccc1)C1CCCN(c2ccc(-c3ccc(F)cc3)nn2)C1. The van der Waals surface area contributed by atoms with E-state index in [0.717, 1.165) is 41.9 Å². The number of nitrogens with one attached hydrogen (secondary N) is 1. The average Bonchev–Trinajstić information content (AvgIpc) is 2.93. The second kappa shape index (κ2) is 10.5. The molecule has 1 fully saturated rings. The predicted molar refractivity (Wildman–Crippen MR) is 135 cm³/mol. The highest BCUT2D eigenvalue weighted by molar-refractivity contribution is 5.80. The molecule has 1 unspecified atom stereocenters. The van der Waals surface area contributed by atoms with Crippen molar-refractivity contribution in [2.24, 2.45) is 5.92 Å². The lowest BCUT2D eigenvalue weighted by Crippen LogP contribution is -2.44. The summed E-state index contributed by atoms with van der Waals surface area (Å²) in [7, 11) is 0. The van der Waals surface area contributed by atoms with Crippen LogP contribution in [0.15, 0.2) is 97.1 Å². The lowest BCUT2D eigenvalue weighted by Gasteiger charge is -2.33. The topological polar surface area (TPSA) is 58.1 Å². The molecule has 3 aromatic carbocycles. The number of piperidine rings is 1. The minimum Gasteiger partial charge on any atom is -0.354 e. The molecule has 2 heterocycles. The molecule has 0 radical (unpaired) electrons. The molecule has 1 amide bonds. The number of aromatic nitrogens is 2. The molecule has 5 rings (SSSR count). The van der Waals surface area contributed by atoms with Gasteiger partial charge in [-0.2, -0.15) is 0 Å². The summed E-state index contributed by atoms with van der Waals surface area (Å²) < 4.78 is 13.2. The Hall–Kier alpha value is -4.06. The summed E-state index contributed by atoms with van der Waals surface area (Å²) in [4.78, 5) is 15.5. The van der Waals surface area contributed by atoms with Crippen LogP contribution in [0.1, 0.15) is 30.0 Å². The van der Waals surface area contributed by atoms with E-state index in [4.69, 9.17) is 0 Å². The van der Waals surface area contributed by atoms with Gasteiger partial charge in [-0.3, -0.25) is 4.79 Å². The third-order valence-corrected chi connectivity index (χ3v) is 6.46. The van der Waals surface area contributed by atoms with Gasteiger partial charge in [-0.1, -0.05) is 60.7 Å². The minimum absolute atomic E-state index is 0.0447. The van der Waals surface area contributed by atoms with Gasteiger partial charge in [0, 0.05) is 18.7 Å². The van der Waals surface area contributed by atoms with Crippen molar-refractivity contribution >= 4 is 11.7 Å². The normalized spacial score (nSPS) is 15.7. The van der Waals surface area contributed by atoms with Crippen LogP contribution in [0, 0.1) is 11.7 Å². The van der Waals surface area contributed by atoms with Crippen molar-refractivity contribution in [1.29, 1.82) is 0 Å². The molecule has 0 aliphatic carbocycles. The fourth-order valence-electron chi connectivity index (χ4n) is 4.58. The van der Waals surface area contributed by atoms with Gasteiger partial charge in [-0.15, -0.1) is 10.2 Å². The molecule has 6 heteroatoms. The summed E-state index contributed by atoms with van der Waals surface area (Å²) in [6.45, 7) is 1.42. The van der Waals surface area contributed by atoms with Gasteiger partial charge in [0.15, 0.2) is 5.82 Å².